The van der Waals surface area contributed by atoms with Crippen molar-refractivity contribution in [2.24, 2.45) is 0 Å². The third kappa shape index (κ3) is 2.49. The minimum atomic E-state index is -0.0819. The number of hydrogen-bond acceptors (Lipinski definition) is 2. The van der Waals surface area contributed by atoms with E-state index in [-0.39, 0.29) is 5.82 Å². The van der Waals surface area contributed by atoms with Crippen molar-refractivity contribution >= 4 is 11.8 Å². The molecule has 0 saturated carbocycles. The Labute approximate surface area is 88.1 Å². The van der Waals surface area contributed by atoms with Crippen LogP contribution in [-0.4, -0.2) is 18.3 Å². The lowest BCUT2D eigenvalue weighted by atomic mass is 10.1. The van der Waals surface area contributed by atoms with Gasteiger partial charge in [0.1, 0.15) is 5.82 Å². The molecule has 1 aromatic rings. The van der Waals surface area contributed by atoms with E-state index in [1.807, 2.05) is 12.1 Å². The van der Waals surface area contributed by atoms with Gasteiger partial charge in [0.15, 0.2) is 0 Å². The summed E-state index contributed by atoms with van der Waals surface area (Å²) in [5.74, 6) is 1.79. The fraction of sp³-hybridized carbons (Fsp3) is 0.455. The van der Waals surface area contributed by atoms with Gasteiger partial charge in [0.25, 0.3) is 0 Å². The van der Waals surface area contributed by atoms with Gasteiger partial charge >= 0.3 is 0 Å². The molecule has 1 fully saturated rings. The van der Waals surface area contributed by atoms with E-state index in [1.165, 1.54) is 12.5 Å². The largest absolute Gasteiger partial charge is 0.313 e. The van der Waals surface area contributed by atoms with Gasteiger partial charge in [0, 0.05) is 17.5 Å². The maximum Gasteiger partial charge on any atom is 0.127 e. The van der Waals surface area contributed by atoms with Crippen LogP contribution in [0.15, 0.2) is 24.3 Å². The Morgan fingerprint density at radius 3 is 2.86 bits per heavy atom. The van der Waals surface area contributed by atoms with Crippen molar-refractivity contribution in [1.29, 1.82) is 0 Å². The van der Waals surface area contributed by atoms with Crippen LogP contribution in [0.5, 0.6) is 0 Å². The van der Waals surface area contributed by atoms with E-state index in [0.717, 1.165) is 23.6 Å². The lowest BCUT2D eigenvalue weighted by molar-refractivity contribution is 0.405. The fourth-order valence-electron chi connectivity index (χ4n) is 1.42. The number of benzene rings is 1. The second-order valence-electron chi connectivity index (χ2n) is 3.55. The van der Waals surface area contributed by atoms with Crippen LogP contribution in [0, 0.1) is 5.82 Å². The Kier molecular flexibility index (Phi) is 3.43. The third-order valence-electron chi connectivity index (χ3n) is 2.46. The van der Waals surface area contributed by atoms with E-state index >= 15 is 0 Å². The summed E-state index contributed by atoms with van der Waals surface area (Å²) < 4.78 is 13.2. The van der Waals surface area contributed by atoms with Crippen molar-refractivity contribution in [3.8, 4) is 0 Å². The molecule has 1 heterocycles. The predicted molar refractivity (Wildman–Crippen MR) is 59.0 cm³/mol. The summed E-state index contributed by atoms with van der Waals surface area (Å²) in [6, 6.07) is 7.66. The van der Waals surface area contributed by atoms with E-state index in [1.54, 1.807) is 17.8 Å². The highest BCUT2D eigenvalue weighted by atomic mass is 32.2. The smallest absolute Gasteiger partial charge is 0.127 e. The van der Waals surface area contributed by atoms with Gasteiger partial charge < -0.3 is 5.32 Å². The van der Waals surface area contributed by atoms with E-state index in [2.05, 4.69) is 5.32 Å². The highest BCUT2D eigenvalue weighted by Gasteiger charge is 2.15. The molecule has 1 unspecified atom stereocenters. The molecule has 1 N–H and O–H groups in total. The highest BCUT2D eigenvalue weighted by Crippen LogP contribution is 2.18. The molecule has 0 aromatic heterocycles. The lowest BCUT2D eigenvalue weighted by Gasteiger charge is -2.27. The Hall–Kier alpha value is -0.540. The summed E-state index contributed by atoms with van der Waals surface area (Å²) in [6.07, 6.45) is 1.27. The van der Waals surface area contributed by atoms with Gasteiger partial charge in [-0.25, -0.2) is 4.39 Å². The van der Waals surface area contributed by atoms with Crippen LogP contribution in [0.4, 0.5) is 4.39 Å². The van der Waals surface area contributed by atoms with Crippen LogP contribution in [0.1, 0.15) is 12.0 Å². The SMILES string of the molecule is Fc1ccccc1CSCC1CCN1. The first kappa shape index (κ1) is 9.99. The molecular formula is C11H14FNS. The van der Waals surface area contributed by atoms with Gasteiger partial charge in [-0.2, -0.15) is 11.8 Å². The van der Waals surface area contributed by atoms with Crippen LogP contribution in [0.25, 0.3) is 0 Å². The van der Waals surface area contributed by atoms with Crippen LogP contribution in [0.3, 0.4) is 0 Å². The van der Waals surface area contributed by atoms with Crippen LogP contribution < -0.4 is 5.32 Å². The van der Waals surface area contributed by atoms with Gasteiger partial charge in [-0.15, -0.1) is 0 Å². The predicted octanol–water partition coefficient (Wildman–Crippen LogP) is 2.42. The average Bonchev–Trinajstić information content (AvgIpc) is 2.12. The Balaban J connectivity index is 1.76. The molecule has 0 amide bonds. The maximum absolute atomic E-state index is 13.2. The number of rotatable bonds is 4. The Morgan fingerprint density at radius 1 is 1.43 bits per heavy atom. The monoisotopic (exact) mass is 211 g/mol. The normalized spacial score (nSPS) is 20.5. The number of hydrogen-bond donors (Lipinski definition) is 1. The molecule has 1 aromatic carbocycles. The van der Waals surface area contributed by atoms with Gasteiger partial charge in [-0.1, -0.05) is 18.2 Å². The second kappa shape index (κ2) is 4.80. The zero-order valence-electron chi connectivity index (χ0n) is 8.00. The first-order chi connectivity index (χ1) is 6.86. The van der Waals surface area contributed by atoms with Crippen molar-refractivity contribution in [2.45, 2.75) is 18.2 Å². The zero-order valence-corrected chi connectivity index (χ0v) is 8.82. The molecule has 0 radical (unpaired) electrons. The Morgan fingerprint density at radius 2 is 2.21 bits per heavy atom. The first-order valence-electron chi connectivity index (χ1n) is 4.91. The molecule has 1 nitrogen and oxygen atoms in total. The summed E-state index contributed by atoms with van der Waals surface area (Å²) in [5.41, 5.74) is 0.817. The fourth-order valence-corrected chi connectivity index (χ4v) is 2.56. The van der Waals surface area contributed by atoms with E-state index in [0.29, 0.717) is 6.04 Å². The minimum absolute atomic E-state index is 0.0819. The molecule has 3 heteroatoms. The van der Waals surface area contributed by atoms with Crippen molar-refractivity contribution in [2.75, 3.05) is 12.3 Å². The lowest BCUT2D eigenvalue weighted by Crippen LogP contribution is -2.44. The standard InChI is InChI=1S/C11H14FNS/c12-11-4-2-1-3-9(11)7-14-8-10-5-6-13-10/h1-4,10,13H,5-8H2. The van der Waals surface area contributed by atoms with Crippen molar-refractivity contribution in [3.05, 3.63) is 35.6 Å². The van der Waals surface area contributed by atoms with Crippen molar-refractivity contribution in [3.63, 3.8) is 0 Å². The Bertz CT molecular complexity index is 299. The summed E-state index contributed by atoms with van der Waals surface area (Å²) in [4.78, 5) is 0. The topological polar surface area (TPSA) is 12.0 Å². The van der Waals surface area contributed by atoms with E-state index in [9.17, 15) is 4.39 Å². The quantitative estimate of drug-likeness (QED) is 0.821. The van der Waals surface area contributed by atoms with Gasteiger partial charge in [-0.3, -0.25) is 0 Å². The molecule has 14 heavy (non-hydrogen) atoms. The molecule has 1 aliphatic rings. The van der Waals surface area contributed by atoms with E-state index in [4.69, 9.17) is 0 Å². The second-order valence-corrected chi connectivity index (χ2v) is 4.58. The third-order valence-corrected chi connectivity index (χ3v) is 3.61. The summed E-state index contributed by atoms with van der Waals surface area (Å²) >= 11 is 1.80. The molecular weight excluding hydrogens is 197 g/mol. The molecule has 76 valence electrons. The number of halogens is 1. The molecule has 0 aliphatic carbocycles. The molecule has 1 saturated heterocycles. The average molecular weight is 211 g/mol. The zero-order chi connectivity index (χ0) is 9.80. The molecule has 0 bridgehead atoms. The van der Waals surface area contributed by atoms with Crippen molar-refractivity contribution < 1.29 is 4.39 Å². The highest BCUT2D eigenvalue weighted by molar-refractivity contribution is 7.98. The van der Waals surface area contributed by atoms with E-state index < -0.39 is 0 Å². The maximum atomic E-state index is 13.2. The van der Waals surface area contributed by atoms with Gasteiger partial charge in [0.2, 0.25) is 0 Å². The number of thioether (sulfide) groups is 1. The summed E-state index contributed by atoms with van der Waals surface area (Å²) in [5, 5.41) is 3.33. The van der Waals surface area contributed by atoms with Crippen LogP contribution >= 0.6 is 11.8 Å². The molecule has 1 atom stereocenters. The minimum Gasteiger partial charge on any atom is -0.313 e. The van der Waals surface area contributed by atoms with Crippen molar-refractivity contribution in [1.82, 2.24) is 5.32 Å². The summed E-state index contributed by atoms with van der Waals surface area (Å²) in [7, 11) is 0. The number of nitrogens with one attached hydrogen (secondary N) is 1. The molecule has 1 aliphatic heterocycles. The van der Waals surface area contributed by atoms with Crippen LogP contribution in [-0.2, 0) is 5.75 Å². The first-order valence-corrected chi connectivity index (χ1v) is 6.06. The van der Waals surface area contributed by atoms with Gasteiger partial charge in [0.05, 0.1) is 0 Å². The molecule has 2 rings (SSSR count). The van der Waals surface area contributed by atoms with Gasteiger partial charge in [-0.05, 0) is 24.6 Å². The summed E-state index contributed by atoms with van der Waals surface area (Å²) in [6.45, 7) is 1.14. The molecule has 0 spiro atoms. The van der Waals surface area contributed by atoms with Crippen LogP contribution in [0.2, 0.25) is 0 Å².